The van der Waals surface area contributed by atoms with E-state index in [0.29, 0.717) is 10.8 Å². The highest BCUT2D eigenvalue weighted by molar-refractivity contribution is 7.99. The number of hydrogen-bond donors (Lipinski definition) is 1. The lowest BCUT2D eigenvalue weighted by molar-refractivity contribution is -0.120. The van der Waals surface area contributed by atoms with E-state index in [2.05, 4.69) is 5.32 Å². The van der Waals surface area contributed by atoms with Crippen LogP contribution in [0.5, 0.6) is 5.75 Å². The third kappa shape index (κ3) is 3.33. The van der Waals surface area contributed by atoms with Crippen LogP contribution in [0.3, 0.4) is 0 Å². The summed E-state index contributed by atoms with van der Waals surface area (Å²) >= 11 is 7.93. The number of rotatable bonds is 3. The highest BCUT2D eigenvalue weighted by Crippen LogP contribution is 2.28. The molecule has 0 aromatic heterocycles. The molecular formula is C13H16ClNO2S. The molecule has 1 amide bonds. The average molecular weight is 286 g/mol. The van der Waals surface area contributed by atoms with Gasteiger partial charge in [-0.1, -0.05) is 11.6 Å². The molecule has 98 valence electrons. The van der Waals surface area contributed by atoms with E-state index in [-0.39, 0.29) is 11.8 Å². The van der Waals surface area contributed by atoms with Crippen LogP contribution in [0.4, 0.5) is 5.69 Å². The van der Waals surface area contributed by atoms with Crippen LogP contribution in [0.2, 0.25) is 5.02 Å². The Balaban J connectivity index is 2.00. The molecule has 1 aromatic carbocycles. The number of carbonyl (C=O) groups is 1. The molecule has 1 N–H and O–H groups in total. The average Bonchev–Trinajstić information content (AvgIpc) is 2.40. The number of nitrogens with one attached hydrogen (secondary N) is 1. The summed E-state index contributed by atoms with van der Waals surface area (Å²) < 4.78 is 5.07. The van der Waals surface area contributed by atoms with Crippen molar-refractivity contribution in [1.82, 2.24) is 0 Å². The van der Waals surface area contributed by atoms with Crippen molar-refractivity contribution in [2.75, 3.05) is 23.9 Å². The van der Waals surface area contributed by atoms with E-state index in [4.69, 9.17) is 16.3 Å². The van der Waals surface area contributed by atoms with Gasteiger partial charge in [-0.3, -0.25) is 4.79 Å². The number of anilines is 1. The maximum absolute atomic E-state index is 12.0. The molecule has 1 fully saturated rings. The van der Waals surface area contributed by atoms with Gasteiger partial charge in [-0.25, -0.2) is 0 Å². The Morgan fingerprint density at radius 1 is 1.44 bits per heavy atom. The molecule has 3 nitrogen and oxygen atoms in total. The van der Waals surface area contributed by atoms with Gasteiger partial charge in [0, 0.05) is 11.6 Å². The molecule has 0 atom stereocenters. The Morgan fingerprint density at radius 3 is 2.78 bits per heavy atom. The maximum Gasteiger partial charge on any atom is 0.227 e. The van der Waals surface area contributed by atoms with Crippen molar-refractivity contribution in [3.63, 3.8) is 0 Å². The molecule has 1 aliphatic rings. The molecule has 1 heterocycles. The lowest BCUT2D eigenvalue weighted by Gasteiger charge is -2.20. The first kappa shape index (κ1) is 13.6. The Kier molecular flexibility index (Phi) is 4.78. The van der Waals surface area contributed by atoms with Gasteiger partial charge in [-0.2, -0.15) is 11.8 Å². The Morgan fingerprint density at radius 2 is 2.17 bits per heavy atom. The van der Waals surface area contributed by atoms with Gasteiger partial charge >= 0.3 is 0 Å². The Bertz CT molecular complexity index is 433. The second-order valence-electron chi connectivity index (χ2n) is 4.23. The van der Waals surface area contributed by atoms with E-state index in [1.165, 1.54) is 0 Å². The van der Waals surface area contributed by atoms with E-state index >= 15 is 0 Å². The molecular weight excluding hydrogens is 270 g/mol. The van der Waals surface area contributed by atoms with Crippen molar-refractivity contribution in [3.05, 3.63) is 23.2 Å². The summed E-state index contributed by atoms with van der Waals surface area (Å²) in [5.74, 6) is 2.98. The van der Waals surface area contributed by atoms with Crippen molar-refractivity contribution in [3.8, 4) is 5.75 Å². The van der Waals surface area contributed by atoms with Gasteiger partial charge in [0.05, 0.1) is 12.1 Å². The number of thioether (sulfide) groups is 1. The normalized spacial score (nSPS) is 16.3. The van der Waals surface area contributed by atoms with Crippen LogP contribution in [0.15, 0.2) is 18.2 Å². The second-order valence-corrected chi connectivity index (χ2v) is 5.86. The van der Waals surface area contributed by atoms with Crippen molar-refractivity contribution < 1.29 is 9.53 Å². The van der Waals surface area contributed by atoms with Crippen molar-refractivity contribution in [2.24, 2.45) is 5.92 Å². The van der Waals surface area contributed by atoms with Gasteiger partial charge in [-0.15, -0.1) is 0 Å². The molecule has 0 bridgehead atoms. The van der Waals surface area contributed by atoms with Gasteiger partial charge < -0.3 is 10.1 Å². The van der Waals surface area contributed by atoms with Crippen LogP contribution in [0, 0.1) is 5.92 Å². The molecule has 0 aliphatic carbocycles. The number of benzene rings is 1. The predicted molar refractivity (Wildman–Crippen MR) is 76.7 cm³/mol. The molecule has 0 unspecified atom stereocenters. The van der Waals surface area contributed by atoms with Crippen LogP contribution in [0.25, 0.3) is 0 Å². The Hall–Kier alpha value is -0.870. The van der Waals surface area contributed by atoms with Crippen LogP contribution in [-0.2, 0) is 4.79 Å². The third-order valence-corrected chi connectivity index (χ3v) is 4.36. The topological polar surface area (TPSA) is 38.3 Å². The molecule has 2 rings (SSSR count). The first-order chi connectivity index (χ1) is 8.70. The fourth-order valence-corrected chi connectivity index (χ4v) is 3.31. The first-order valence-electron chi connectivity index (χ1n) is 5.93. The predicted octanol–water partition coefficient (Wildman–Crippen LogP) is 3.43. The first-order valence-corrected chi connectivity index (χ1v) is 7.46. The molecule has 0 spiro atoms. The maximum atomic E-state index is 12.0. The molecule has 18 heavy (non-hydrogen) atoms. The molecule has 1 aliphatic heterocycles. The van der Waals surface area contributed by atoms with Crippen LogP contribution < -0.4 is 10.1 Å². The van der Waals surface area contributed by atoms with Crippen LogP contribution in [-0.4, -0.2) is 24.5 Å². The number of carbonyl (C=O) groups excluding carboxylic acids is 1. The Labute approximate surface area is 116 Å². The number of ether oxygens (including phenoxy) is 1. The fraction of sp³-hybridized carbons (Fsp3) is 0.462. The number of hydrogen-bond acceptors (Lipinski definition) is 3. The number of halogens is 1. The fourth-order valence-electron chi connectivity index (χ4n) is 1.95. The SMILES string of the molecule is COc1ccc(NC(=O)C2CCSCC2)cc1Cl. The zero-order valence-corrected chi connectivity index (χ0v) is 11.8. The number of amides is 1. The minimum absolute atomic E-state index is 0.0940. The molecule has 1 aromatic rings. The van der Waals surface area contributed by atoms with E-state index in [0.717, 1.165) is 30.0 Å². The van der Waals surface area contributed by atoms with Crippen LogP contribution >= 0.6 is 23.4 Å². The van der Waals surface area contributed by atoms with Crippen molar-refractivity contribution >= 4 is 35.0 Å². The zero-order valence-electron chi connectivity index (χ0n) is 10.2. The van der Waals surface area contributed by atoms with Gasteiger partial charge in [0.1, 0.15) is 5.75 Å². The summed E-state index contributed by atoms with van der Waals surface area (Å²) in [5.41, 5.74) is 0.726. The van der Waals surface area contributed by atoms with E-state index in [1.807, 2.05) is 11.8 Å². The van der Waals surface area contributed by atoms with Crippen LogP contribution in [0.1, 0.15) is 12.8 Å². The lowest BCUT2D eigenvalue weighted by Crippen LogP contribution is -2.26. The summed E-state index contributed by atoms with van der Waals surface area (Å²) in [5, 5.41) is 3.42. The molecule has 1 saturated heterocycles. The third-order valence-electron chi connectivity index (χ3n) is 3.01. The number of methoxy groups -OCH3 is 1. The highest BCUT2D eigenvalue weighted by Gasteiger charge is 2.21. The minimum Gasteiger partial charge on any atom is -0.495 e. The van der Waals surface area contributed by atoms with E-state index < -0.39 is 0 Å². The molecule has 5 heteroatoms. The standard InChI is InChI=1S/C13H16ClNO2S/c1-17-12-3-2-10(8-11(12)14)15-13(16)9-4-6-18-7-5-9/h2-3,8-9H,4-7H2,1H3,(H,15,16). The molecule has 0 saturated carbocycles. The smallest absolute Gasteiger partial charge is 0.227 e. The second kappa shape index (κ2) is 6.34. The highest BCUT2D eigenvalue weighted by atomic mass is 35.5. The summed E-state index contributed by atoms with van der Waals surface area (Å²) in [4.78, 5) is 12.0. The van der Waals surface area contributed by atoms with Gasteiger partial charge in [0.15, 0.2) is 0 Å². The van der Waals surface area contributed by atoms with E-state index in [1.54, 1.807) is 25.3 Å². The van der Waals surface area contributed by atoms with Crippen molar-refractivity contribution in [2.45, 2.75) is 12.8 Å². The zero-order chi connectivity index (χ0) is 13.0. The molecule has 0 radical (unpaired) electrons. The quantitative estimate of drug-likeness (QED) is 0.925. The van der Waals surface area contributed by atoms with Gasteiger partial charge in [0.25, 0.3) is 0 Å². The summed E-state index contributed by atoms with van der Waals surface area (Å²) in [6.07, 6.45) is 1.92. The van der Waals surface area contributed by atoms with Gasteiger partial charge in [0.2, 0.25) is 5.91 Å². The largest absolute Gasteiger partial charge is 0.495 e. The summed E-state index contributed by atoms with van der Waals surface area (Å²) in [7, 11) is 1.57. The monoisotopic (exact) mass is 285 g/mol. The van der Waals surface area contributed by atoms with Gasteiger partial charge in [-0.05, 0) is 42.5 Å². The van der Waals surface area contributed by atoms with E-state index in [9.17, 15) is 4.79 Å². The lowest BCUT2D eigenvalue weighted by atomic mass is 10.0. The summed E-state index contributed by atoms with van der Waals surface area (Å²) in [6.45, 7) is 0. The minimum atomic E-state index is 0.0940. The summed E-state index contributed by atoms with van der Waals surface area (Å²) in [6, 6.07) is 5.28. The van der Waals surface area contributed by atoms with Crippen molar-refractivity contribution in [1.29, 1.82) is 0 Å².